The molecule has 0 aromatic heterocycles. The molecule has 248 valence electrons. The monoisotopic (exact) mass is 651 g/mol. The molecule has 0 saturated carbocycles. The first-order valence-electron chi connectivity index (χ1n) is 15.7. The van der Waals surface area contributed by atoms with Gasteiger partial charge in [0.25, 0.3) is 21.8 Å². The Balaban J connectivity index is 1.66. The van der Waals surface area contributed by atoms with Gasteiger partial charge in [0.05, 0.1) is 35.3 Å². The van der Waals surface area contributed by atoms with Gasteiger partial charge in [-0.15, -0.1) is 0 Å². The molecule has 0 fully saturated rings. The lowest BCUT2D eigenvalue weighted by Crippen LogP contribution is -2.48. The van der Waals surface area contributed by atoms with Gasteiger partial charge in [-0.1, -0.05) is 43.3 Å². The van der Waals surface area contributed by atoms with Crippen LogP contribution in [0.4, 0.5) is 5.69 Å². The minimum absolute atomic E-state index is 0.0948. The number of nitrogens with one attached hydrogen (secondary N) is 1. The third-order valence-corrected chi connectivity index (χ3v) is 9.58. The number of carbonyl (C=O) groups is 2. The predicted molar refractivity (Wildman–Crippen MR) is 178 cm³/mol. The predicted octanol–water partition coefficient (Wildman–Crippen LogP) is 5.06. The number of hydrogen-bond acceptors (Lipinski definition) is 7. The van der Waals surface area contributed by atoms with E-state index in [1.807, 2.05) is 32.0 Å². The van der Waals surface area contributed by atoms with E-state index in [4.69, 9.17) is 9.47 Å². The average molecular weight is 652 g/mol. The van der Waals surface area contributed by atoms with E-state index in [0.29, 0.717) is 30.9 Å². The molecule has 0 unspecified atom stereocenters. The molecular weight excluding hydrogens is 606 g/mol. The summed E-state index contributed by atoms with van der Waals surface area (Å²) < 4.78 is 41.4. The molecule has 0 aliphatic carbocycles. The Morgan fingerprint density at radius 1 is 1.04 bits per heavy atom. The zero-order chi connectivity index (χ0) is 33.3. The minimum atomic E-state index is -3.91. The maximum absolute atomic E-state index is 14.3. The number of anilines is 1. The summed E-state index contributed by atoms with van der Waals surface area (Å²) in [6.07, 6.45) is 1.71. The van der Waals surface area contributed by atoms with Crippen molar-refractivity contribution in [1.82, 2.24) is 9.80 Å². The lowest BCUT2D eigenvalue weighted by molar-refractivity contribution is -0.0149. The zero-order valence-electron chi connectivity index (χ0n) is 27.0. The Morgan fingerprint density at radius 3 is 2.39 bits per heavy atom. The SMILES string of the molecule is C[C@@H]1CCCCO[C@@H](CN(C)C(=O)c2ccccc2)[C@@H](C)CN([C@H](C)CO)C(=O)c2cc(NS(=O)(=O)c3ccccc3)ccc2O1. The number of rotatable bonds is 8. The van der Waals surface area contributed by atoms with Gasteiger partial charge in [0, 0.05) is 43.9 Å². The molecule has 1 aliphatic heterocycles. The molecule has 0 saturated heterocycles. The molecule has 1 aliphatic rings. The van der Waals surface area contributed by atoms with Crippen molar-refractivity contribution >= 4 is 27.5 Å². The van der Waals surface area contributed by atoms with Gasteiger partial charge in [0.1, 0.15) is 5.75 Å². The van der Waals surface area contributed by atoms with E-state index >= 15 is 0 Å². The molecule has 10 nitrogen and oxygen atoms in total. The zero-order valence-corrected chi connectivity index (χ0v) is 27.8. The second-order valence-electron chi connectivity index (χ2n) is 12.0. The number of fused-ring (bicyclic) bond motifs is 1. The Kier molecular flexibility index (Phi) is 12.2. The lowest BCUT2D eigenvalue weighted by Gasteiger charge is -2.36. The first-order chi connectivity index (χ1) is 22.0. The summed E-state index contributed by atoms with van der Waals surface area (Å²) in [5.41, 5.74) is 0.965. The van der Waals surface area contributed by atoms with Crippen LogP contribution >= 0.6 is 0 Å². The lowest BCUT2D eigenvalue weighted by atomic mass is 10.0. The van der Waals surface area contributed by atoms with Crippen LogP contribution in [-0.2, 0) is 14.8 Å². The van der Waals surface area contributed by atoms with Crippen LogP contribution in [-0.4, -0.2) is 86.7 Å². The molecule has 0 bridgehead atoms. The minimum Gasteiger partial charge on any atom is -0.490 e. The van der Waals surface area contributed by atoms with Gasteiger partial charge in [0.2, 0.25) is 0 Å². The average Bonchev–Trinajstić information content (AvgIpc) is 3.06. The van der Waals surface area contributed by atoms with E-state index in [-0.39, 0.29) is 53.3 Å². The van der Waals surface area contributed by atoms with E-state index in [0.717, 1.165) is 12.8 Å². The fourth-order valence-electron chi connectivity index (χ4n) is 5.42. The van der Waals surface area contributed by atoms with Gasteiger partial charge < -0.3 is 24.4 Å². The highest BCUT2D eigenvalue weighted by atomic mass is 32.2. The number of aliphatic hydroxyl groups is 1. The molecule has 0 radical (unpaired) electrons. The molecule has 2 amide bonds. The van der Waals surface area contributed by atoms with Crippen molar-refractivity contribution in [3.05, 3.63) is 90.0 Å². The summed E-state index contributed by atoms with van der Waals surface area (Å²) in [6, 6.07) is 21.1. The first-order valence-corrected chi connectivity index (χ1v) is 17.2. The van der Waals surface area contributed by atoms with E-state index in [1.54, 1.807) is 66.2 Å². The summed E-state index contributed by atoms with van der Waals surface area (Å²) in [5.74, 6) is -0.435. The summed E-state index contributed by atoms with van der Waals surface area (Å²) in [6.45, 7) is 6.37. The molecular formula is C35H45N3O7S. The van der Waals surface area contributed by atoms with E-state index in [9.17, 15) is 23.1 Å². The van der Waals surface area contributed by atoms with E-state index < -0.39 is 22.0 Å². The number of benzene rings is 3. The fraction of sp³-hybridized carbons (Fsp3) is 0.429. The molecule has 0 spiro atoms. The molecule has 3 aromatic rings. The van der Waals surface area contributed by atoms with Crippen molar-refractivity contribution in [3.63, 3.8) is 0 Å². The highest BCUT2D eigenvalue weighted by molar-refractivity contribution is 7.92. The third-order valence-electron chi connectivity index (χ3n) is 8.18. The maximum atomic E-state index is 14.3. The highest BCUT2D eigenvalue weighted by Crippen LogP contribution is 2.29. The van der Waals surface area contributed by atoms with Crippen LogP contribution in [0.1, 0.15) is 60.7 Å². The molecule has 11 heteroatoms. The first kappa shape index (κ1) is 34.9. The van der Waals surface area contributed by atoms with Crippen LogP contribution in [0.15, 0.2) is 83.8 Å². The number of aliphatic hydroxyl groups excluding tert-OH is 1. The van der Waals surface area contributed by atoms with Gasteiger partial charge in [-0.2, -0.15) is 0 Å². The number of hydrogen-bond donors (Lipinski definition) is 2. The maximum Gasteiger partial charge on any atom is 0.261 e. The van der Waals surface area contributed by atoms with Crippen molar-refractivity contribution in [2.75, 3.05) is 38.1 Å². The number of carbonyl (C=O) groups excluding carboxylic acids is 2. The number of sulfonamides is 1. The third kappa shape index (κ3) is 9.08. The standard InChI is InChI=1S/C35H45N3O7S/c1-25-22-38(26(2)24-39)35(41)31-21-29(36-46(42,43)30-16-9-6-10-17-30)18-19-32(31)45-27(3)13-11-12-20-44-33(25)23-37(4)34(40)28-14-7-5-8-15-28/h5-10,14-19,21,25-27,33,36,39H,11-13,20,22-24H2,1-4H3/t25-,26+,27+,33-/m0/s1. The van der Waals surface area contributed by atoms with Gasteiger partial charge in [-0.05, 0) is 75.6 Å². The number of ether oxygens (including phenoxy) is 2. The second kappa shape index (κ2) is 16.1. The van der Waals surface area contributed by atoms with Gasteiger partial charge in [-0.25, -0.2) is 8.42 Å². The molecule has 3 aromatic carbocycles. The van der Waals surface area contributed by atoms with Crippen LogP contribution in [0.2, 0.25) is 0 Å². The molecule has 2 N–H and O–H groups in total. The summed E-state index contributed by atoms with van der Waals surface area (Å²) in [4.78, 5) is 30.8. The highest BCUT2D eigenvalue weighted by Gasteiger charge is 2.31. The van der Waals surface area contributed by atoms with Crippen LogP contribution in [0.5, 0.6) is 5.75 Å². The van der Waals surface area contributed by atoms with E-state index in [2.05, 4.69) is 4.72 Å². The number of amides is 2. The smallest absolute Gasteiger partial charge is 0.261 e. The van der Waals surface area contributed by atoms with Gasteiger partial charge >= 0.3 is 0 Å². The number of nitrogens with zero attached hydrogens (tertiary/aromatic N) is 2. The van der Waals surface area contributed by atoms with Crippen molar-refractivity contribution in [2.45, 2.75) is 63.2 Å². The Hall–Kier alpha value is -3.93. The summed E-state index contributed by atoms with van der Waals surface area (Å²) >= 11 is 0. The van der Waals surface area contributed by atoms with Crippen molar-refractivity contribution in [2.24, 2.45) is 5.92 Å². The quantitative estimate of drug-likeness (QED) is 0.349. The Labute approximate surface area is 272 Å². The summed E-state index contributed by atoms with van der Waals surface area (Å²) in [5, 5.41) is 10.2. The van der Waals surface area contributed by atoms with Crippen LogP contribution in [0.3, 0.4) is 0 Å². The van der Waals surface area contributed by atoms with Crippen LogP contribution in [0, 0.1) is 5.92 Å². The normalized spacial score (nSPS) is 20.5. The van der Waals surface area contributed by atoms with Gasteiger partial charge in [-0.3, -0.25) is 14.3 Å². The van der Waals surface area contributed by atoms with Gasteiger partial charge in [0.15, 0.2) is 0 Å². The Morgan fingerprint density at radius 2 is 1.72 bits per heavy atom. The fourth-order valence-corrected chi connectivity index (χ4v) is 6.49. The molecule has 4 atom stereocenters. The molecule has 46 heavy (non-hydrogen) atoms. The Bertz CT molecular complexity index is 1550. The van der Waals surface area contributed by atoms with Crippen molar-refractivity contribution in [1.29, 1.82) is 0 Å². The topological polar surface area (TPSA) is 125 Å². The van der Waals surface area contributed by atoms with Crippen LogP contribution in [0.25, 0.3) is 0 Å². The summed E-state index contributed by atoms with van der Waals surface area (Å²) in [7, 11) is -2.17. The van der Waals surface area contributed by atoms with Crippen LogP contribution < -0.4 is 9.46 Å². The molecule has 1 heterocycles. The second-order valence-corrected chi connectivity index (χ2v) is 13.7. The molecule has 4 rings (SSSR count). The largest absolute Gasteiger partial charge is 0.490 e. The van der Waals surface area contributed by atoms with Crippen molar-refractivity contribution in [3.8, 4) is 5.75 Å². The van der Waals surface area contributed by atoms with E-state index in [1.165, 1.54) is 18.2 Å². The number of likely N-dealkylation sites (N-methyl/N-ethyl adjacent to an activating group) is 1. The van der Waals surface area contributed by atoms with Crippen molar-refractivity contribution < 1.29 is 32.6 Å².